The van der Waals surface area contributed by atoms with Gasteiger partial charge in [0.05, 0.1) is 0 Å². The van der Waals surface area contributed by atoms with Gasteiger partial charge in [0.25, 0.3) is 0 Å². The molecule has 0 unspecified atom stereocenters. The van der Waals surface area contributed by atoms with Crippen LogP contribution in [0, 0.1) is 0 Å². The van der Waals surface area contributed by atoms with Gasteiger partial charge in [-0.1, -0.05) is 25.1 Å². The van der Waals surface area contributed by atoms with E-state index in [0.717, 1.165) is 36.6 Å². The van der Waals surface area contributed by atoms with E-state index >= 15 is 0 Å². The number of nitrogens with two attached hydrogens (primary N) is 1. The summed E-state index contributed by atoms with van der Waals surface area (Å²) < 4.78 is 1.88. The van der Waals surface area contributed by atoms with Crippen LogP contribution in [-0.4, -0.2) is 28.3 Å². The molecule has 1 aromatic heterocycles. The number of hydrogen-bond acceptors (Lipinski definition) is 3. The standard InChI is InChI=1S/C19H25N3O2/c1-2-5-18(23)16-11-22(17-7-4-3-6-15(16)17)12-19(24)21-14-9-8-13(20)10-14/h3-4,6-7,11,13-14H,2,5,8-10,12,20H2,1H3,(H,21,24)/t13-,14-/m0/s1. The zero-order chi connectivity index (χ0) is 17.1. The van der Waals surface area contributed by atoms with E-state index in [4.69, 9.17) is 5.73 Å². The first-order valence-electron chi connectivity index (χ1n) is 8.74. The Morgan fingerprint density at radius 2 is 2.08 bits per heavy atom. The van der Waals surface area contributed by atoms with Crippen molar-refractivity contribution in [2.75, 3.05) is 0 Å². The van der Waals surface area contributed by atoms with E-state index in [1.54, 1.807) is 0 Å². The summed E-state index contributed by atoms with van der Waals surface area (Å²) in [6, 6.07) is 8.13. The van der Waals surface area contributed by atoms with Crippen molar-refractivity contribution >= 4 is 22.6 Å². The molecule has 0 radical (unpaired) electrons. The van der Waals surface area contributed by atoms with Gasteiger partial charge in [0.2, 0.25) is 5.91 Å². The van der Waals surface area contributed by atoms with Gasteiger partial charge in [0, 0.05) is 41.2 Å². The molecule has 3 rings (SSSR count). The number of hydrogen-bond donors (Lipinski definition) is 2. The Labute approximate surface area is 142 Å². The van der Waals surface area contributed by atoms with Crippen molar-refractivity contribution in [1.29, 1.82) is 0 Å². The minimum atomic E-state index is -0.0238. The van der Waals surface area contributed by atoms with Gasteiger partial charge in [-0.25, -0.2) is 0 Å². The molecule has 5 heteroatoms. The summed E-state index contributed by atoms with van der Waals surface area (Å²) in [5.41, 5.74) is 7.54. The van der Waals surface area contributed by atoms with Gasteiger partial charge >= 0.3 is 0 Å². The molecular weight excluding hydrogens is 302 g/mol. The lowest BCUT2D eigenvalue weighted by molar-refractivity contribution is -0.122. The Morgan fingerprint density at radius 3 is 2.79 bits per heavy atom. The van der Waals surface area contributed by atoms with Gasteiger partial charge in [-0.05, 0) is 31.7 Å². The molecular formula is C19H25N3O2. The molecule has 128 valence electrons. The number of nitrogens with zero attached hydrogens (tertiary/aromatic N) is 1. The molecule has 1 amide bonds. The molecule has 2 aromatic rings. The average molecular weight is 327 g/mol. The lowest BCUT2D eigenvalue weighted by Crippen LogP contribution is -2.36. The van der Waals surface area contributed by atoms with Crippen molar-refractivity contribution in [2.24, 2.45) is 5.73 Å². The van der Waals surface area contributed by atoms with Gasteiger partial charge < -0.3 is 15.6 Å². The molecule has 0 aliphatic heterocycles. The third-order valence-electron chi connectivity index (χ3n) is 4.72. The number of para-hydroxylation sites is 1. The van der Waals surface area contributed by atoms with Crippen molar-refractivity contribution < 1.29 is 9.59 Å². The van der Waals surface area contributed by atoms with E-state index in [1.807, 2.05) is 42.0 Å². The van der Waals surface area contributed by atoms with Gasteiger partial charge in [-0.2, -0.15) is 0 Å². The summed E-state index contributed by atoms with van der Waals surface area (Å²) in [7, 11) is 0. The van der Waals surface area contributed by atoms with Gasteiger partial charge in [-0.3, -0.25) is 9.59 Å². The maximum Gasteiger partial charge on any atom is 0.240 e. The molecule has 0 bridgehead atoms. The monoisotopic (exact) mass is 327 g/mol. The van der Waals surface area contributed by atoms with Crippen molar-refractivity contribution in [3.05, 3.63) is 36.0 Å². The minimum Gasteiger partial charge on any atom is -0.352 e. The van der Waals surface area contributed by atoms with Crippen molar-refractivity contribution in [1.82, 2.24) is 9.88 Å². The lowest BCUT2D eigenvalue weighted by Gasteiger charge is -2.13. The summed E-state index contributed by atoms with van der Waals surface area (Å²) in [6.45, 7) is 2.22. The normalized spacial score (nSPS) is 20.4. The zero-order valence-electron chi connectivity index (χ0n) is 14.1. The topological polar surface area (TPSA) is 77.1 Å². The fourth-order valence-corrected chi connectivity index (χ4v) is 3.54. The highest BCUT2D eigenvalue weighted by Gasteiger charge is 2.23. The molecule has 2 atom stereocenters. The Morgan fingerprint density at radius 1 is 1.29 bits per heavy atom. The number of nitrogens with one attached hydrogen (secondary N) is 1. The molecule has 0 saturated heterocycles. The zero-order valence-corrected chi connectivity index (χ0v) is 14.1. The van der Waals surface area contributed by atoms with Gasteiger partial charge in [0.15, 0.2) is 5.78 Å². The van der Waals surface area contributed by atoms with E-state index in [9.17, 15) is 9.59 Å². The van der Waals surface area contributed by atoms with Crippen molar-refractivity contribution in [2.45, 2.75) is 57.7 Å². The maximum absolute atomic E-state index is 12.4. The number of fused-ring (bicyclic) bond motifs is 1. The van der Waals surface area contributed by atoms with Gasteiger partial charge in [-0.15, -0.1) is 0 Å². The summed E-state index contributed by atoms with van der Waals surface area (Å²) in [5.74, 6) is 0.110. The summed E-state index contributed by atoms with van der Waals surface area (Å²) in [6.07, 6.45) is 5.93. The predicted molar refractivity (Wildman–Crippen MR) is 94.9 cm³/mol. The second-order valence-electron chi connectivity index (χ2n) is 6.70. The minimum absolute atomic E-state index is 0.0238. The molecule has 1 aliphatic carbocycles. The van der Waals surface area contributed by atoms with Crippen LogP contribution in [0.3, 0.4) is 0 Å². The highest BCUT2D eigenvalue weighted by Crippen LogP contribution is 2.23. The number of aromatic nitrogens is 1. The SMILES string of the molecule is CCCC(=O)c1cn(CC(=O)N[C@H]2CC[C@H](N)C2)c2ccccc12. The van der Waals surface area contributed by atoms with Crippen LogP contribution in [-0.2, 0) is 11.3 Å². The molecule has 24 heavy (non-hydrogen) atoms. The highest BCUT2D eigenvalue weighted by atomic mass is 16.2. The number of ketones is 1. The third kappa shape index (κ3) is 3.51. The van der Waals surface area contributed by atoms with Crippen LogP contribution in [0.25, 0.3) is 10.9 Å². The van der Waals surface area contributed by atoms with Crippen molar-refractivity contribution in [3.8, 4) is 0 Å². The molecule has 3 N–H and O–H groups in total. The third-order valence-corrected chi connectivity index (χ3v) is 4.72. The van der Waals surface area contributed by atoms with Crippen LogP contribution >= 0.6 is 0 Å². The van der Waals surface area contributed by atoms with E-state index in [1.165, 1.54) is 0 Å². The number of carbonyl (C=O) groups excluding carboxylic acids is 2. The Kier molecular flexibility index (Phi) is 5.00. The lowest BCUT2D eigenvalue weighted by atomic mass is 10.1. The van der Waals surface area contributed by atoms with Crippen LogP contribution in [0.4, 0.5) is 0 Å². The second-order valence-corrected chi connectivity index (χ2v) is 6.70. The van der Waals surface area contributed by atoms with Crippen LogP contribution in [0.5, 0.6) is 0 Å². The van der Waals surface area contributed by atoms with Crippen LogP contribution < -0.4 is 11.1 Å². The molecule has 0 spiro atoms. The first kappa shape index (κ1) is 16.7. The molecule has 1 aromatic carbocycles. The van der Waals surface area contributed by atoms with E-state index in [0.29, 0.717) is 12.0 Å². The molecule has 1 aliphatic rings. The largest absolute Gasteiger partial charge is 0.352 e. The van der Waals surface area contributed by atoms with E-state index in [2.05, 4.69) is 5.32 Å². The van der Waals surface area contributed by atoms with E-state index in [-0.39, 0.29) is 30.3 Å². The fraction of sp³-hybridized carbons (Fsp3) is 0.474. The Balaban J connectivity index is 1.79. The molecule has 1 fully saturated rings. The molecule has 1 saturated carbocycles. The summed E-state index contributed by atoms with van der Waals surface area (Å²) >= 11 is 0. The highest BCUT2D eigenvalue weighted by molar-refractivity contribution is 6.08. The quantitative estimate of drug-likeness (QED) is 0.801. The molecule has 1 heterocycles. The van der Waals surface area contributed by atoms with Gasteiger partial charge in [0.1, 0.15) is 6.54 Å². The van der Waals surface area contributed by atoms with Crippen LogP contribution in [0.15, 0.2) is 30.5 Å². The number of rotatable bonds is 6. The Hall–Kier alpha value is -2.14. The smallest absolute Gasteiger partial charge is 0.240 e. The van der Waals surface area contributed by atoms with Crippen LogP contribution in [0.2, 0.25) is 0 Å². The average Bonchev–Trinajstić information content (AvgIpc) is 3.12. The predicted octanol–water partition coefficient (Wildman–Crippen LogP) is 2.62. The summed E-state index contributed by atoms with van der Waals surface area (Å²) in [5, 5.41) is 3.98. The van der Waals surface area contributed by atoms with Crippen LogP contribution in [0.1, 0.15) is 49.4 Å². The number of benzene rings is 1. The first-order valence-corrected chi connectivity index (χ1v) is 8.74. The number of Topliss-reactive ketones (excluding diaryl/α,β-unsaturated/α-hetero) is 1. The fourth-order valence-electron chi connectivity index (χ4n) is 3.54. The number of amides is 1. The maximum atomic E-state index is 12.4. The van der Waals surface area contributed by atoms with Crippen molar-refractivity contribution in [3.63, 3.8) is 0 Å². The Bertz CT molecular complexity index is 750. The first-order chi connectivity index (χ1) is 11.6. The molecule has 5 nitrogen and oxygen atoms in total. The summed E-state index contributed by atoms with van der Waals surface area (Å²) in [4.78, 5) is 24.7. The number of carbonyl (C=O) groups is 2. The second kappa shape index (κ2) is 7.18. The van der Waals surface area contributed by atoms with E-state index < -0.39 is 0 Å².